The molecule has 0 saturated heterocycles. The number of aromatic amines is 1. The molecule has 9 heteroatoms. The van der Waals surface area contributed by atoms with E-state index in [4.69, 9.17) is 4.74 Å². The number of ether oxygens (including phenoxy) is 1. The summed E-state index contributed by atoms with van der Waals surface area (Å²) in [7, 11) is 0. The Morgan fingerprint density at radius 2 is 1.88 bits per heavy atom. The first-order valence-electron chi connectivity index (χ1n) is 10.5. The Kier molecular flexibility index (Phi) is 5.89. The molecule has 0 unspecified atom stereocenters. The summed E-state index contributed by atoms with van der Waals surface area (Å²) in [6, 6.07) is 22.8. The normalized spacial score (nSPS) is 10.9. The predicted octanol–water partition coefficient (Wildman–Crippen LogP) is 4.31. The number of halogens is 1. The number of aromatic nitrogens is 5. The van der Waals surface area contributed by atoms with Crippen LogP contribution in [0.1, 0.15) is 11.3 Å². The highest BCUT2D eigenvalue weighted by Crippen LogP contribution is 2.22. The van der Waals surface area contributed by atoms with Gasteiger partial charge in [-0.1, -0.05) is 36.4 Å². The van der Waals surface area contributed by atoms with Crippen molar-refractivity contribution in [3.63, 3.8) is 0 Å². The van der Waals surface area contributed by atoms with Gasteiger partial charge in [-0.2, -0.15) is 0 Å². The number of pyridine rings is 1. The fourth-order valence-electron chi connectivity index (χ4n) is 3.59. The summed E-state index contributed by atoms with van der Waals surface area (Å²) in [5.74, 6) is 0.563. The second-order valence-electron chi connectivity index (χ2n) is 7.59. The van der Waals surface area contributed by atoms with E-state index < -0.39 is 0 Å². The third-order valence-electron chi connectivity index (χ3n) is 5.19. The molecule has 2 N–H and O–H groups in total. The van der Waals surface area contributed by atoms with Gasteiger partial charge in [0.1, 0.15) is 18.2 Å². The van der Waals surface area contributed by atoms with E-state index >= 15 is 0 Å². The molecule has 0 aliphatic carbocycles. The molecule has 168 valence electrons. The Morgan fingerprint density at radius 3 is 2.76 bits per heavy atom. The second kappa shape index (κ2) is 9.45. The van der Waals surface area contributed by atoms with Crippen molar-refractivity contribution in [1.82, 2.24) is 25.6 Å². The summed E-state index contributed by atoms with van der Waals surface area (Å²) in [5, 5.41) is 17.6. The largest absolute Gasteiger partial charge is 0.487 e. The zero-order valence-electron chi connectivity index (χ0n) is 17.9. The lowest BCUT2D eigenvalue weighted by molar-refractivity contribution is -0.115. The fourth-order valence-corrected chi connectivity index (χ4v) is 3.59. The molecule has 8 nitrogen and oxygen atoms in total. The van der Waals surface area contributed by atoms with E-state index in [1.807, 2.05) is 36.4 Å². The van der Waals surface area contributed by atoms with E-state index in [9.17, 15) is 9.18 Å². The van der Waals surface area contributed by atoms with Crippen LogP contribution in [0.25, 0.3) is 22.3 Å². The highest BCUT2D eigenvalue weighted by Gasteiger charge is 2.12. The van der Waals surface area contributed by atoms with Gasteiger partial charge in [-0.15, -0.1) is 5.10 Å². The van der Waals surface area contributed by atoms with Crippen LogP contribution >= 0.6 is 0 Å². The van der Waals surface area contributed by atoms with Crippen molar-refractivity contribution in [3.8, 4) is 17.1 Å². The summed E-state index contributed by atoms with van der Waals surface area (Å²) in [5.41, 5.74) is 3.41. The SMILES string of the molecule is O=C(Cc1ccccc1-c1nnn[nH]1)Nc1cccc(OCc2ccc3ccc(F)cc3n2)c1. The number of H-pyrrole nitrogens is 1. The lowest BCUT2D eigenvalue weighted by Gasteiger charge is -2.10. The van der Waals surface area contributed by atoms with Crippen LogP contribution in [0.4, 0.5) is 10.1 Å². The number of tetrazole rings is 1. The summed E-state index contributed by atoms with van der Waals surface area (Å²) in [6.07, 6.45) is 0.152. The Balaban J connectivity index is 1.24. The maximum Gasteiger partial charge on any atom is 0.228 e. The van der Waals surface area contributed by atoms with Crippen LogP contribution in [-0.2, 0) is 17.8 Å². The van der Waals surface area contributed by atoms with Gasteiger partial charge in [0.2, 0.25) is 5.91 Å². The lowest BCUT2D eigenvalue weighted by atomic mass is 10.0. The van der Waals surface area contributed by atoms with Crippen molar-refractivity contribution in [2.24, 2.45) is 0 Å². The molecule has 0 aliphatic heterocycles. The highest BCUT2D eigenvalue weighted by atomic mass is 19.1. The molecule has 2 aromatic heterocycles. The number of rotatable bonds is 7. The number of nitrogens with one attached hydrogen (secondary N) is 2. The van der Waals surface area contributed by atoms with Crippen LogP contribution in [0.5, 0.6) is 5.75 Å². The standard InChI is InChI=1S/C25H19FN6O2/c26-18-10-8-16-9-11-20(27-23(16)13-18)15-34-21-6-3-5-19(14-21)28-24(33)12-17-4-1-2-7-22(17)25-29-31-32-30-25/h1-11,13-14H,12,15H2,(H,28,33)(H,29,30,31,32). The van der Waals surface area contributed by atoms with Crippen molar-refractivity contribution in [2.45, 2.75) is 13.0 Å². The number of nitrogens with zero attached hydrogens (tertiary/aromatic N) is 4. The van der Waals surface area contributed by atoms with E-state index in [0.29, 0.717) is 28.5 Å². The van der Waals surface area contributed by atoms with Crippen molar-refractivity contribution >= 4 is 22.5 Å². The molecular formula is C25H19FN6O2. The third-order valence-corrected chi connectivity index (χ3v) is 5.19. The zero-order chi connectivity index (χ0) is 23.3. The lowest BCUT2D eigenvalue weighted by Crippen LogP contribution is -2.15. The van der Waals surface area contributed by atoms with E-state index in [1.165, 1.54) is 12.1 Å². The Bertz CT molecular complexity index is 1460. The molecule has 1 amide bonds. The minimum atomic E-state index is -0.332. The molecule has 0 bridgehead atoms. The van der Waals surface area contributed by atoms with Gasteiger partial charge in [0.15, 0.2) is 5.82 Å². The first kappa shape index (κ1) is 21.2. The van der Waals surface area contributed by atoms with Gasteiger partial charge in [0.25, 0.3) is 0 Å². The quantitative estimate of drug-likeness (QED) is 0.380. The topological polar surface area (TPSA) is 106 Å². The van der Waals surface area contributed by atoms with Crippen LogP contribution in [0, 0.1) is 5.82 Å². The van der Waals surface area contributed by atoms with E-state index in [2.05, 4.69) is 30.9 Å². The van der Waals surface area contributed by atoms with Crippen LogP contribution in [0.15, 0.2) is 78.9 Å². The van der Waals surface area contributed by atoms with Gasteiger partial charge in [-0.25, -0.2) is 14.5 Å². The third kappa shape index (κ3) is 4.88. The maximum absolute atomic E-state index is 13.5. The number of benzene rings is 3. The summed E-state index contributed by atoms with van der Waals surface area (Å²) >= 11 is 0. The van der Waals surface area contributed by atoms with Crippen LogP contribution in [0.3, 0.4) is 0 Å². The Morgan fingerprint density at radius 1 is 1.00 bits per heavy atom. The number of amides is 1. The summed E-state index contributed by atoms with van der Waals surface area (Å²) < 4.78 is 19.3. The summed E-state index contributed by atoms with van der Waals surface area (Å²) in [4.78, 5) is 17.1. The molecule has 0 fully saturated rings. The van der Waals surface area contributed by atoms with Crippen LogP contribution in [0.2, 0.25) is 0 Å². The monoisotopic (exact) mass is 454 g/mol. The van der Waals surface area contributed by atoms with Crippen molar-refractivity contribution < 1.29 is 13.9 Å². The molecule has 34 heavy (non-hydrogen) atoms. The molecule has 5 aromatic rings. The molecule has 5 rings (SSSR count). The molecule has 0 saturated carbocycles. The van der Waals surface area contributed by atoms with Gasteiger partial charge >= 0.3 is 0 Å². The molecule has 0 radical (unpaired) electrons. The van der Waals surface area contributed by atoms with Crippen LogP contribution in [-0.4, -0.2) is 31.5 Å². The Hall–Kier alpha value is -4.66. The van der Waals surface area contributed by atoms with Crippen molar-refractivity contribution in [3.05, 3.63) is 95.9 Å². The number of hydrogen-bond acceptors (Lipinski definition) is 6. The van der Waals surface area contributed by atoms with Gasteiger partial charge in [0, 0.05) is 28.8 Å². The average Bonchev–Trinajstić information content (AvgIpc) is 3.38. The molecular weight excluding hydrogens is 435 g/mol. The number of fused-ring (bicyclic) bond motifs is 1. The number of carbonyl (C=O) groups is 1. The summed E-state index contributed by atoms with van der Waals surface area (Å²) in [6.45, 7) is 0.211. The average molecular weight is 454 g/mol. The maximum atomic E-state index is 13.5. The van der Waals surface area contributed by atoms with Crippen LogP contribution < -0.4 is 10.1 Å². The van der Waals surface area contributed by atoms with E-state index in [1.54, 1.807) is 30.3 Å². The second-order valence-corrected chi connectivity index (χ2v) is 7.59. The van der Waals surface area contributed by atoms with E-state index in [0.717, 1.165) is 16.5 Å². The predicted molar refractivity (Wildman–Crippen MR) is 124 cm³/mol. The number of hydrogen-bond donors (Lipinski definition) is 2. The first-order valence-corrected chi connectivity index (χ1v) is 10.5. The minimum Gasteiger partial charge on any atom is -0.487 e. The minimum absolute atomic E-state index is 0.152. The fraction of sp³-hybridized carbons (Fsp3) is 0.0800. The van der Waals surface area contributed by atoms with Crippen molar-refractivity contribution in [1.29, 1.82) is 0 Å². The molecule has 3 aromatic carbocycles. The van der Waals surface area contributed by atoms with Crippen molar-refractivity contribution in [2.75, 3.05) is 5.32 Å². The highest BCUT2D eigenvalue weighted by molar-refractivity contribution is 5.93. The number of anilines is 1. The zero-order valence-corrected chi connectivity index (χ0v) is 17.9. The van der Waals surface area contributed by atoms with E-state index in [-0.39, 0.29) is 24.8 Å². The molecule has 2 heterocycles. The number of carbonyl (C=O) groups excluding carboxylic acids is 1. The molecule has 0 atom stereocenters. The van der Waals surface area contributed by atoms with Gasteiger partial charge in [-0.05, 0) is 46.3 Å². The van der Waals surface area contributed by atoms with Gasteiger partial charge in [-0.3, -0.25) is 4.79 Å². The molecule has 0 spiro atoms. The van der Waals surface area contributed by atoms with Gasteiger partial charge < -0.3 is 10.1 Å². The smallest absolute Gasteiger partial charge is 0.228 e. The van der Waals surface area contributed by atoms with Gasteiger partial charge in [0.05, 0.1) is 17.6 Å². The first-order chi connectivity index (χ1) is 16.6. The Labute approximate surface area is 193 Å². The molecule has 0 aliphatic rings.